The van der Waals surface area contributed by atoms with Crippen LogP contribution in [0.25, 0.3) is 10.9 Å². The van der Waals surface area contributed by atoms with Crippen molar-refractivity contribution in [2.45, 2.75) is 32.1 Å². The number of carbonyl (C=O) groups is 1. The molecule has 0 saturated carbocycles. The van der Waals surface area contributed by atoms with Crippen LogP contribution in [0.5, 0.6) is 5.75 Å². The number of nitrogens with zero attached hydrogens (tertiary/aromatic N) is 1. The quantitative estimate of drug-likeness (QED) is 0.564. The summed E-state index contributed by atoms with van der Waals surface area (Å²) in [4.78, 5) is 11.0. The highest BCUT2D eigenvalue weighted by Crippen LogP contribution is 2.29. The summed E-state index contributed by atoms with van der Waals surface area (Å²) >= 11 is 3.50. The third-order valence-electron chi connectivity index (χ3n) is 4.36. The van der Waals surface area contributed by atoms with E-state index in [-0.39, 0.29) is 13.0 Å². The lowest BCUT2D eigenvalue weighted by molar-refractivity contribution is -0.136. The van der Waals surface area contributed by atoms with Gasteiger partial charge in [-0.2, -0.15) is 0 Å². The first kappa shape index (κ1) is 20.4. The predicted molar refractivity (Wildman–Crippen MR) is 111 cm³/mol. The van der Waals surface area contributed by atoms with Gasteiger partial charge in [-0.05, 0) is 43.7 Å². The summed E-state index contributed by atoms with van der Waals surface area (Å²) < 4.78 is 33.1. The molecule has 1 heterocycles. The van der Waals surface area contributed by atoms with Gasteiger partial charge in [-0.1, -0.05) is 34.1 Å². The average Bonchev–Trinajstić information content (AvgIpc) is 3.05. The van der Waals surface area contributed by atoms with E-state index >= 15 is 0 Å². The van der Waals surface area contributed by atoms with Gasteiger partial charge >= 0.3 is 5.97 Å². The Balaban J connectivity index is 1.94. The van der Waals surface area contributed by atoms with Crippen LogP contribution in [-0.2, 0) is 27.8 Å². The molecular formula is C20H20BrNO5S. The first-order chi connectivity index (χ1) is 13.2. The molecule has 0 aliphatic heterocycles. The number of fused-ring (bicyclic) bond motifs is 1. The molecule has 0 spiro atoms. The fourth-order valence-electron chi connectivity index (χ4n) is 2.87. The number of carboxylic acid groups (broad SMARTS) is 1. The summed E-state index contributed by atoms with van der Waals surface area (Å²) in [7, 11) is -3.49. The highest BCUT2D eigenvalue weighted by atomic mass is 79.9. The van der Waals surface area contributed by atoms with Gasteiger partial charge < -0.3 is 9.84 Å². The van der Waals surface area contributed by atoms with Crippen LogP contribution in [0.4, 0.5) is 0 Å². The molecule has 0 saturated heterocycles. The molecule has 0 unspecified atom stereocenters. The summed E-state index contributed by atoms with van der Waals surface area (Å²) in [6, 6.07) is 12.4. The molecule has 0 atom stereocenters. The summed E-state index contributed by atoms with van der Waals surface area (Å²) in [6.45, 7) is 3.46. The lowest BCUT2D eigenvalue weighted by atomic mass is 10.1. The minimum Gasteiger partial charge on any atom is -0.489 e. The predicted octanol–water partition coefficient (Wildman–Crippen LogP) is 4.20. The molecule has 1 aromatic heterocycles. The van der Waals surface area contributed by atoms with E-state index in [9.17, 15) is 13.2 Å². The molecule has 0 aliphatic carbocycles. The van der Waals surface area contributed by atoms with E-state index < -0.39 is 21.2 Å². The van der Waals surface area contributed by atoms with Crippen LogP contribution < -0.4 is 4.74 Å². The molecule has 148 valence electrons. The van der Waals surface area contributed by atoms with E-state index in [0.717, 1.165) is 15.4 Å². The Morgan fingerprint density at radius 2 is 1.93 bits per heavy atom. The van der Waals surface area contributed by atoms with Gasteiger partial charge in [0.25, 0.3) is 0 Å². The number of carboxylic acids is 1. The van der Waals surface area contributed by atoms with Gasteiger partial charge in [0.15, 0.2) is 0 Å². The molecular weight excluding hydrogens is 446 g/mol. The number of hydrogen-bond donors (Lipinski definition) is 1. The van der Waals surface area contributed by atoms with Gasteiger partial charge in [-0.15, -0.1) is 0 Å². The maximum absolute atomic E-state index is 12.6. The van der Waals surface area contributed by atoms with Gasteiger partial charge in [-0.25, -0.2) is 12.4 Å². The number of benzene rings is 2. The van der Waals surface area contributed by atoms with Crippen molar-refractivity contribution in [2.24, 2.45) is 0 Å². The Kier molecular flexibility index (Phi) is 5.81. The fraction of sp³-hybridized carbons (Fsp3) is 0.250. The van der Waals surface area contributed by atoms with Crippen molar-refractivity contribution in [1.82, 2.24) is 3.97 Å². The number of halogens is 1. The molecule has 2 aromatic carbocycles. The zero-order valence-corrected chi connectivity index (χ0v) is 17.8. The fourth-order valence-corrected chi connectivity index (χ4v) is 4.61. The van der Waals surface area contributed by atoms with E-state index in [2.05, 4.69) is 15.9 Å². The number of aliphatic carboxylic acids is 1. The van der Waals surface area contributed by atoms with Crippen LogP contribution in [0.3, 0.4) is 0 Å². The second-order valence-corrected chi connectivity index (χ2v) is 9.90. The number of aromatic nitrogens is 1. The van der Waals surface area contributed by atoms with Crippen molar-refractivity contribution in [3.8, 4) is 5.75 Å². The highest BCUT2D eigenvalue weighted by molar-refractivity contribution is 9.10. The lowest BCUT2D eigenvalue weighted by Gasteiger charge is -2.13. The number of rotatable bonds is 7. The largest absolute Gasteiger partial charge is 0.489 e. The summed E-state index contributed by atoms with van der Waals surface area (Å²) in [5, 5.41) is 9.28. The Morgan fingerprint density at radius 1 is 1.21 bits per heavy atom. The number of para-hydroxylation sites is 1. The molecule has 0 bridgehead atoms. The number of hydrogen-bond acceptors (Lipinski definition) is 4. The maximum Gasteiger partial charge on any atom is 0.307 e. The van der Waals surface area contributed by atoms with Crippen molar-refractivity contribution in [2.75, 3.05) is 0 Å². The normalized spacial score (nSPS) is 11.9. The second-order valence-electron chi connectivity index (χ2n) is 6.68. The molecule has 1 N–H and O–H groups in total. The summed E-state index contributed by atoms with van der Waals surface area (Å²) in [5.74, 6) is -0.441. The topological polar surface area (TPSA) is 85.6 Å². The van der Waals surface area contributed by atoms with Gasteiger partial charge in [0.2, 0.25) is 10.0 Å². The van der Waals surface area contributed by atoms with Gasteiger partial charge in [-0.3, -0.25) is 4.79 Å². The number of ether oxygens (including phenoxy) is 1. The third kappa shape index (κ3) is 4.07. The Hall–Kier alpha value is -2.32. The Bertz CT molecular complexity index is 1130. The molecule has 0 fully saturated rings. The molecule has 28 heavy (non-hydrogen) atoms. The van der Waals surface area contributed by atoms with Crippen LogP contribution >= 0.6 is 15.9 Å². The Morgan fingerprint density at radius 3 is 2.61 bits per heavy atom. The van der Waals surface area contributed by atoms with Crippen molar-refractivity contribution in [3.63, 3.8) is 0 Å². The summed E-state index contributed by atoms with van der Waals surface area (Å²) in [6.07, 6.45) is 1.42. The third-order valence-corrected chi connectivity index (χ3v) is 7.07. The van der Waals surface area contributed by atoms with E-state index in [4.69, 9.17) is 9.84 Å². The van der Waals surface area contributed by atoms with Gasteiger partial charge in [0.05, 0.1) is 17.2 Å². The zero-order valence-electron chi connectivity index (χ0n) is 15.4. The maximum atomic E-state index is 12.6. The minimum absolute atomic E-state index is 0.131. The zero-order chi connectivity index (χ0) is 20.5. The van der Waals surface area contributed by atoms with Crippen LogP contribution in [-0.4, -0.2) is 28.7 Å². The van der Waals surface area contributed by atoms with Crippen molar-refractivity contribution >= 4 is 42.8 Å². The smallest absolute Gasteiger partial charge is 0.307 e. The highest BCUT2D eigenvalue weighted by Gasteiger charge is 2.21. The first-order valence-electron chi connectivity index (χ1n) is 8.66. The van der Waals surface area contributed by atoms with E-state index in [1.807, 2.05) is 6.07 Å². The molecule has 6 nitrogen and oxygen atoms in total. The molecule has 0 amide bonds. The van der Waals surface area contributed by atoms with Crippen molar-refractivity contribution < 1.29 is 23.1 Å². The van der Waals surface area contributed by atoms with Crippen molar-refractivity contribution in [1.29, 1.82) is 0 Å². The second kappa shape index (κ2) is 7.97. The molecule has 0 radical (unpaired) electrons. The standard InChI is InChI=1S/C20H20BrNO5S/c1-13(2)28(25,26)22-8-7-16-17(21)9-14(10-18(16)22)12-27-19-6-4-3-5-15(19)11-20(23)24/h3-10,13H,11-12H2,1-2H3,(H,23,24). The molecule has 3 rings (SSSR count). The first-order valence-corrected chi connectivity index (χ1v) is 11.0. The average molecular weight is 466 g/mol. The van der Waals surface area contributed by atoms with E-state index in [1.165, 1.54) is 3.97 Å². The van der Waals surface area contributed by atoms with Crippen LogP contribution in [0.2, 0.25) is 0 Å². The Labute approximate surface area is 171 Å². The molecule has 3 aromatic rings. The SMILES string of the molecule is CC(C)S(=O)(=O)n1ccc2c(Br)cc(COc3ccccc3CC(=O)O)cc21. The van der Waals surface area contributed by atoms with Crippen LogP contribution in [0.1, 0.15) is 25.0 Å². The van der Waals surface area contributed by atoms with Crippen LogP contribution in [0.15, 0.2) is 53.1 Å². The van der Waals surface area contributed by atoms with Crippen molar-refractivity contribution in [3.05, 3.63) is 64.3 Å². The molecule has 8 heteroatoms. The van der Waals surface area contributed by atoms with Gasteiger partial charge in [0.1, 0.15) is 12.4 Å². The van der Waals surface area contributed by atoms with E-state index in [1.54, 1.807) is 56.4 Å². The monoisotopic (exact) mass is 465 g/mol. The van der Waals surface area contributed by atoms with Crippen LogP contribution in [0, 0.1) is 0 Å². The molecule has 0 aliphatic rings. The summed E-state index contributed by atoms with van der Waals surface area (Å²) in [5.41, 5.74) is 1.92. The minimum atomic E-state index is -3.49. The van der Waals surface area contributed by atoms with Gasteiger partial charge in [0, 0.05) is 21.6 Å². The lowest BCUT2D eigenvalue weighted by Crippen LogP contribution is -2.21. The van der Waals surface area contributed by atoms with E-state index in [0.29, 0.717) is 16.8 Å².